The Morgan fingerprint density at radius 1 is 1.27 bits per heavy atom. The van der Waals surface area contributed by atoms with Crippen LogP contribution >= 0.6 is 11.6 Å². The van der Waals surface area contributed by atoms with Crippen LogP contribution in [-0.4, -0.2) is 30.6 Å². The smallest absolute Gasteiger partial charge is 0.252 e. The van der Waals surface area contributed by atoms with Gasteiger partial charge in [-0.25, -0.2) is 10.5 Å². The zero-order valence-electron chi connectivity index (χ0n) is 14.1. The fraction of sp³-hybridized carbons (Fsp3) is 0.294. The summed E-state index contributed by atoms with van der Waals surface area (Å²) in [6.07, 6.45) is 3.23. The molecule has 8 nitrogen and oxygen atoms in total. The Labute approximate surface area is 154 Å². The van der Waals surface area contributed by atoms with Crippen molar-refractivity contribution in [3.8, 4) is 11.6 Å². The number of hydroxylamine groups is 1. The second kappa shape index (κ2) is 8.11. The molecule has 26 heavy (non-hydrogen) atoms. The van der Waals surface area contributed by atoms with Crippen molar-refractivity contribution in [3.63, 3.8) is 0 Å². The monoisotopic (exact) mass is 375 g/mol. The van der Waals surface area contributed by atoms with Crippen LogP contribution in [0.4, 0.5) is 0 Å². The molecule has 0 spiro atoms. The summed E-state index contributed by atoms with van der Waals surface area (Å²) < 4.78 is 7.66. The SMILES string of the molecule is Cc1ccc(Oc2nc(Cl)nc3c2ncn3CCCCC(=O)NO)cc1. The first-order valence-electron chi connectivity index (χ1n) is 8.12. The Bertz CT molecular complexity index is 911. The van der Waals surface area contributed by atoms with Crippen molar-refractivity contribution in [1.29, 1.82) is 0 Å². The van der Waals surface area contributed by atoms with Crippen LogP contribution in [0.3, 0.4) is 0 Å². The number of benzene rings is 1. The number of carbonyl (C=O) groups is 1. The van der Waals surface area contributed by atoms with Crippen LogP contribution < -0.4 is 10.2 Å². The molecule has 0 saturated carbocycles. The van der Waals surface area contributed by atoms with Crippen LogP contribution in [0.15, 0.2) is 30.6 Å². The minimum Gasteiger partial charge on any atom is -0.437 e. The lowest BCUT2D eigenvalue weighted by Crippen LogP contribution is -2.17. The largest absolute Gasteiger partial charge is 0.437 e. The van der Waals surface area contributed by atoms with Gasteiger partial charge >= 0.3 is 0 Å². The molecule has 2 aromatic heterocycles. The maximum Gasteiger partial charge on any atom is 0.252 e. The van der Waals surface area contributed by atoms with Gasteiger partial charge < -0.3 is 9.30 Å². The summed E-state index contributed by atoms with van der Waals surface area (Å²) in [6, 6.07) is 7.58. The number of amides is 1. The predicted octanol–water partition coefficient (Wildman–Crippen LogP) is 3.26. The summed E-state index contributed by atoms with van der Waals surface area (Å²) in [5.41, 5.74) is 3.83. The molecule has 2 heterocycles. The van der Waals surface area contributed by atoms with E-state index in [4.69, 9.17) is 21.5 Å². The number of nitrogens with one attached hydrogen (secondary N) is 1. The highest BCUT2D eigenvalue weighted by Gasteiger charge is 2.14. The van der Waals surface area contributed by atoms with Gasteiger partial charge in [0.1, 0.15) is 5.75 Å². The average Bonchev–Trinajstić information content (AvgIpc) is 3.03. The van der Waals surface area contributed by atoms with Gasteiger partial charge in [-0.2, -0.15) is 9.97 Å². The standard InChI is InChI=1S/C17H18ClN5O3/c1-11-5-7-12(8-6-11)26-16-14-15(20-17(18)21-16)23(10-19-14)9-3-2-4-13(24)22-25/h5-8,10,25H,2-4,9H2,1H3,(H,22,24). The topological polar surface area (TPSA) is 102 Å². The molecule has 9 heteroatoms. The summed E-state index contributed by atoms with van der Waals surface area (Å²) in [5.74, 6) is 0.526. The van der Waals surface area contributed by atoms with Gasteiger partial charge in [0.15, 0.2) is 11.2 Å². The van der Waals surface area contributed by atoms with Crippen LogP contribution in [0.25, 0.3) is 11.2 Å². The van der Waals surface area contributed by atoms with E-state index in [1.807, 2.05) is 35.8 Å². The zero-order valence-corrected chi connectivity index (χ0v) is 14.9. The van der Waals surface area contributed by atoms with Gasteiger partial charge in [0.05, 0.1) is 6.33 Å². The van der Waals surface area contributed by atoms with E-state index in [1.54, 1.807) is 11.8 Å². The number of halogens is 1. The molecule has 0 saturated heterocycles. The van der Waals surface area contributed by atoms with Gasteiger partial charge in [0.2, 0.25) is 11.2 Å². The molecule has 0 aliphatic carbocycles. The Morgan fingerprint density at radius 2 is 2.04 bits per heavy atom. The van der Waals surface area contributed by atoms with Gasteiger partial charge in [0, 0.05) is 13.0 Å². The highest BCUT2D eigenvalue weighted by atomic mass is 35.5. The number of imidazole rings is 1. The van der Waals surface area contributed by atoms with E-state index in [0.29, 0.717) is 42.2 Å². The third-order valence-corrected chi connectivity index (χ3v) is 3.99. The molecule has 0 aliphatic rings. The third-order valence-electron chi connectivity index (χ3n) is 3.82. The van der Waals surface area contributed by atoms with Gasteiger partial charge in [-0.05, 0) is 43.5 Å². The minimum atomic E-state index is -0.403. The quantitative estimate of drug-likeness (QED) is 0.284. The highest BCUT2D eigenvalue weighted by Crippen LogP contribution is 2.28. The van der Waals surface area contributed by atoms with E-state index < -0.39 is 5.91 Å². The van der Waals surface area contributed by atoms with Gasteiger partial charge in [-0.1, -0.05) is 17.7 Å². The number of unbranched alkanes of at least 4 members (excludes halogenated alkanes) is 1. The van der Waals surface area contributed by atoms with E-state index in [-0.39, 0.29) is 11.7 Å². The second-order valence-corrected chi connectivity index (χ2v) is 6.15. The van der Waals surface area contributed by atoms with Crippen molar-refractivity contribution in [2.24, 2.45) is 0 Å². The molecule has 0 aliphatic heterocycles. The number of carbonyl (C=O) groups excluding carboxylic acids is 1. The first-order chi connectivity index (χ1) is 12.6. The molecule has 3 aromatic rings. The molecule has 136 valence electrons. The van der Waals surface area contributed by atoms with Crippen LogP contribution in [0.5, 0.6) is 11.6 Å². The van der Waals surface area contributed by atoms with Crippen LogP contribution in [0.2, 0.25) is 5.28 Å². The lowest BCUT2D eigenvalue weighted by Gasteiger charge is -2.07. The van der Waals surface area contributed by atoms with Crippen LogP contribution in [-0.2, 0) is 11.3 Å². The summed E-state index contributed by atoms with van der Waals surface area (Å²) in [6.45, 7) is 2.60. The van der Waals surface area contributed by atoms with Crippen molar-refractivity contribution in [2.45, 2.75) is 32.7 Å². The number of hydrogen-bond acceptors (Lipinski definition) is 6. The second-order valence-electron chi connectivity index (χ2n) is 5.82. The van der Waals surface area contributed by atoms with Crippen LogP contribution in [0.1, 0.15) is 24.8 Å². The Hall–Kier alpha value is -2.71. The molecule has 0 radical (unpaired) electrons. The van der Waals surface area contributed by atoms with Crippen LogP contribution in [0, 0.1) is 6.92 Å². The molecular weight excluding hydrogens is 358 g/mol. The molecule has 0 atom stereocenters. The van der Waals surface area contributed by atoms with Crippen molar-refractivity contribution >= 4 is 28.7 Å². The molecule has 1 aromatic carbocycles. The first-order valence-corrected chi connectivity index (χ1v) is 8.50. The summed E-state index contributed by atoms with van der Waals surface area (Å²) in [5, 5.41) is 8.57. The zero-order chi connectivity index (χ0) is 18.5. The van der Waals surface area contributed by atoms with E-state index in [2.05, 4.69) is 15.0 Å². The van der Waals surface area contributed by atoms with Gasteiger partial charge in [0.25, 0.3) is 5.88 Å². The molecular formula is C17H18ClN5O3. The number of ether oxygens (including phenoxy) is 1. The fourth-order valence-corrected chi connectivity index (χ4v) is 2.63. The summed E-state index contributed by atoms with van der Waals surface area (Å²) >= 11 is 6.04. The molecule has 0 fully saturated rings. The highest BCUT2D eigenvalue weighted by molar-refractivity contribution is 6.28. The molecule has 2 N–H and O–H groups in total. The minimum absolute atomic E-state index is 0.0704. The summed E-state index contributed by atoms with van der Waals surface area (Å²) in [7, 11) is 0. The van der Waals surface area contributed by atoms with Crippen molar-refractivity contribution in [1.82, 2.24) is 25.0 Å². The summed E-state index contributed by atoms with van der Waals surface area (Å²) in [4.78, 5) is 23.7. The Morgan fingerprint density at radius 3 is 2.77 bits per heavy atom. The number of nitrogens with zero attached hydrogens (tertiary/aromatic N) is 4. The lowest BCUT2D eigenvalue weighted by atomic mass is 10.2. The third kappa shape index (κ3) is 4.27. The lowest BCUT2D eigenvalue weighted by molar-refractivity contribution is -0.129. The van der Waals surface area contributed by atoms with E-state index in [9.17, 15) is 4.79 Å². The van der Waals surface area contributed by atoms with Gasteiger partial charge in [-0.15, -0.1) is 0 Å². The maximum atomic E-state index is 11.0. The number of aryl methyl sites for hydroxylation is 2. The van der Waals surface area contributed by atoms with E-state index in [0.717, 1.165) is 5.56 Å². The molecule has 0 unspecified atom stereocenters. The number of rotatable bonds is 7. The maximum absolute atomic E-state index is 11.0. The molecule has 1 amide bonds. The normalized spacial score (nSPS) is 10.9. The average molecular weight is 376 g/mol. The van der Waals surface area contributed by atoms with E-state index >= 15 is 0 Å². The fourth-order valence-electron chi connectivity index (χ4n) is 2.47. The number of aromatic nitrogens is 4. The van der Waals surface area contributed by atoms with Crippen molar-refractivity contribution in [3.05, 3.63) is 41.4 Å². The van der Waals surface area contributed by atoms with Gasteiger partial charge in [-0.3, -0.25) is 10.0 Å². The van der Waals surface area contributed by atoms with Crippen molar-refractivity contribution in [2.75, 3.05) is 0 Å². The Balaban J connectivity index is 1.77. The number of fused-ring (bicyclic) bond motifs is 1. The number of hydrogen-bond donors (Lipinski definition) is 2. The predicted molar refractivity (Wildman–Crippen MR) is 95.4 cm³/mol. The first kappa shape index (κ1) is 18.1. The molecule has 0 bridgehead atoms. The van der Waals surface area contributed by atoms with E-state index in [1.165, 1.54) is 0 Å². The Kier molecular flexibility index (Phi) is 5.65. The molecule has 3 rings (SSSR count). The van der Waals surface area contributed by atoms with Crippen molar-refractivity contribution < 1.29 is 14.7 Å².